The van der Waals surface area contributed by atoms with Gasteiger partial charge >= 0.3 is 152 Å². The Bertz CT molecular complexity index is 639. The van der Waals surface area contributed by atoms with Crippen LogP contribution in [-0.2, 0) is 9.53 Å². The van der Waals surface area contributed by atoms with Crippen LogP contribution in [0, 0.1) is 0 Å². The molecule has 0 saturated carbocycles. The van der Waals surface area contributed by atoms with E-state index in [2.05, 4.69) is 67.8 Å². The molecule has 130 valence electrons. The molecule has 1 aromatic rings. The molecule has 2 nitrogen and oxygen atoms in total. The Morgan fingerprint density at radius 2 is 1.42 bits per heavy atom. The third-order valence-corrected chi connectivity index (χ3v) is 28.7. The first-order valence-corrected chi connectivity index (χ1v) is 19.6. The molecule has 0 spiro atoms. The third kappa shape index (κ3) is 3.32. The Balaban J connectivity index is 2.73. The molecule has 0 aromatic heterocycles. The Hall–Kier alpha value is -0.744. The predicted octanol–water partition coefficient (Wildman–Crippen LogP) is 5.32. The summed E-state index contributed by atoms with van der Waals surface area (Å²) in [4.78, 5) is 17.7. The Morgan fingerprint density at radius 1 is 0.875 bits per heavy atom. The average molecular weight is 448 g/mol. The average Bonchev–Trinajstić information content (AvgIpc) is 2.67. The summed E-state index contributed by atoms with van der Waals surface area (Å²) in [5, 5.41) is 4.59. The zero-order chi connectivity index (χ0) is 17.8. The zero-order valence-corrected chi connectivity index (χ0v) is 19.9. The van der Waals surface area contributed by atoms with E-state index in [1.54, 1.807) is 4.41 Å². The van der Waals surface area contributed by atoms with Gasteiger partial charge in [0.1, 0.15) is 0 Å². The number of carbonyl (C=O) groups is 1. The van der Waals surface area contributed by atoms with Crippen molar-refractivity contribution < 1.29 is 9.53 Å². The minimum atomic E-state index is -2.55. The molecule has 0 radical (unpaired) electrons. The van der Waals surface area contributed by atoms with Crippen LogP contribution in [0.25, 0.3) is 4.41 Å². The molecule has 1 aliphatic rings. The minimum absolute atomic E-state index is 0.0565. The first kappa shape index (κ1) is 19.6. The number of rotatable bonds is 6. The second-order valence-corrected chi connectivity index (χ2v) is 25.8. The number of hydrogen-bond donors (Lipinski definition) is 0. The molecule has 2 rings (SSSR count). The molecule has 0 N–H and O–H groups in total. The van der Waals surface area contributed by atoms with Crippen molar-refractivity contribution in [2.45, 2.75) is 48.7 Å². The molecular formula is C20H30Ge2O2. The Morgan fingerprint density at radius 3 is 1.88 bits per heavy atom. The van der Waals surface area contributed by atoms with Crippen LogP contribution >= 0.6 is 0 Å². The number of methoxy groups -OCH3 is 1. The summed E-state index contributed by atoms with van der Waals surface area (Å²) < 4.78 is 7.94. The van der Waals surface area contributed by atoms with Crippen LogP contribution in [0.15, 0.2) is 44.6 Å². The van der Waals surface area contributed by atoms with Crippen molar-refractivity contribution in [2.24, 2.45) is 0 Å². The van der Waals surface area contributed by atoms with Gasteiger partial charge in [0, 0.05) is 0 Å². The fourth-order valence-corrected chi connectivity index (χ4v) is 30.7. The maximum absolute atomic E-state index is 12.6. The predicted molar refractivity (Wildman–Crippen MR) is 108 cm³/mol. The number of carbonyl (C=O) groups excluding carboxylic acids is 1. The molecule has 0 atom stereocenters. The van der Waals surface area contributed by atoms with Crippen molar-refractivity contribution in [3.63, 3.8) is 0 Å². The van der Waals surface area contributed by atoms with Crippen molar-refractivity contribution in [3.05, 3.63) is 50.1 Å². The van der Waals surface area contributed by atoms with Crippen molar-refractivity contribution >= 4 is 36.9 Å². The van der Waals surface area contributed by atoms with E-state index < -0.39 is 26.5 Å². The topological polar surface area (TPSA) is 26.3 Å². The second kappa shape index (κ2) is 8.09. The van der Waals surface area contributed by atoms with Gasteiger partial charge < -0.3 is 0 Å². The van der Waals surface area contributed by atoms with E-state index in [0.29, 0.717) is 0 Å². The van der Waals surface area contributed by atoms with Gasteiger partial charge in [-0.2, -0.15) is 0 Å². The third-order valence-electron chi connectivity index (χ3n) is 5.93. The molecule has 1 heterocycles. The summed E-state index contributed by atoms with van der Waals surface area (Å²) in [5.74, 6) is -0.0565. The second-order valence-electron chi connectivity index (χ2n) is 6.70. The maximum atomic E-state index is 12.6. The van der Waals surface area contributed by atoms with E-state index in [0.717, 1.165) is 14.9 Å². The van der Waals surface area contributed by atoms with Crippen molar-refractivity contribution in [1.29, 1.82) is 0 Å². The molecule has 4 heteroatoms. The van der Waals surface area contributed by atoms with Gasteiger partial charge in [-0.3, -0.25) is 0 Å². The van der Waals surface area contributed by atoms with E-state index in [9.17, 15) is 4.79 Å². The summed E-state index contributed by atoms with van der Waals surface area (Å²) in [7, 11) is 1.53. The Labute approximate surface area is 152 Å². The quantitative estimate of drug-likeness (QED) is 0.436. The van der Waals surface area contributed by atoms with Gasteiger partial charge in [-0.1, -0.05) is 0 Å². The van der Waals surface area contributed by atoms with Crippen LogP contribution in [0.2, 0.25) is 21.0 Å². The van der Waals surface area contributed by atoms with Crippen LogP contribution in [-0.4, -0.2) is 39.6 Å². The van der Waals surface area contributed by atoms with Crippen LogP contribution in [0.1, 0.15) is 33.3 Å². The number of hydrogen-bond acceptors (Lipinski definition) is 2. The van der Waals surface area contributed by atoms with E-state index in [1.165, 1.54) is 23.2 Å². The van der Waals surface area contributed by atoms with Crippen LogP contribution in [0.3, 0.4) is 0 Å². The summed E-state index contributed by atoms with van der Waals surface area (Å²) >= 11 is -4.98. The molecule has 0 unspecified atom stereocenters. The fraction of sp³-hybridized carbons (Fsp3) is 0.450. The Kier molecular flexibility index (Phi) is 6.60. The molecule has 0 bridgehead atoms. The van der Waals surface area contributed by atoms with E-state index in [4.69, 9.17) is 4.74 Å². The van der Waals surface area contributed by atoms with Crippen molar-refractivity contribution in [3.8, 4) is 0 Å². The molecule has 0 aliphatic carbocycles. The standard InChI is InChI=1S/C20H30Ge2O2/c1-6-21(7-2)16-19(20(23)24-5)22(8-3,9-4)15-18(21)17-13-11-10-12-14-17/h10-16H,6-9H2,1-5H3. The first-order chi connectivity index (χ1) is 11.5. The first-order valence-electron chi connectivity index (χ1n) is 9.12. The van der Waals surface area contributed by atoms with Crippen LogP contribution < -0.4 is 0 Å². The fourth-order valence-electron chi connectivity index (χ4n) is 4.03. The molecular weight excluding hydrogens is 417 g/mol. The summed E-state index contributed by atoms with van der Waals surface area (Å²) in [6.07, 6.45) is 0. The van der Waals surface area contributed by atoms with Gasteiger partial charge in [-0.15, -0.1) is 0 Å². The van der Waals surface area contributed by atoms with E-state index >= 15 is 0 Å². The van der Waals surface area contributed by atoms with Gasteiger partial charge in [0.15, 0.2) is 0 Å². The van der Waals surface area contributed by atoms with Crippen LogP contribution in [0.4, 0.5) is 0 Å². The van der Waals surface area contributed by atoms with Gasteiger partial charge in [-0.05, 0) is 0 Å². The molecule has 0 saturated heterocycles. The van der Waals surface area contributed by atoms with Gasteiger partial charge in [0.05, 0.1) is 0 Å². The van der Waals surface area contributed by atoms with E-state index in [-0.39, 0.29) is 5.97 Å². The molecule has 0 amide bonds. The number of ether oxygens (including phenoxy) is 1. The zero-order valence-electron chi connectivity index (χ0n) is 15.7. The molecule has 1 aliphatic heterocycles. The summed E-state index contributed by atoms with van der Waals surface area (Å²) in [5.41, 5.74) is 1.39. The monoisotopic (exact) mass is 450 g/mol. The number of esters is 1. The van der Waals surface area contributed by atoms with Gasteiger partial charge in [0.25, 0.3) is 0 Å². The molecule has 1 aromatic carbocycles. The SMILES string of the molecule is C[CH2][Ge]1([CH2]C)[CH]=[C](c2ccccc2)[Ge]([CH2]C)([CH2]C)[CH]=[C]1C(=O)OC. The van der Waals surface area contributed by atoms with E-state index in [1.807, 2.05) is 0 Å². The molecule has 24 heavy (non-hydrogen) atoms. The van der Waals surface area contributed by atoms with Gasteiger partial charge in [0.2, 0.25) is 0 Å². The van der Waals surface area contributed by atoms with Gasteiger partial charge in [-0.25, -0.2) is 0 Å². The summed E-state index contributed by atoms with van der Waals surface area (Å²) in [6.45, 7) is 9.14. The van der Waals surface area contributed by atoms with Crippen LogP contribution in [0.5, 0.6) is 0 Å². The van der Waals surface area contributed by atoms with Crippen molar-refractivity contribution in [2.75, 3.05) is 7.11 Å². The van der Waals surface area contributed by atoms with Crippen molar-refractivity contribution in [1.82, 2.24) is 0 Å². The summed E-state index contributed by atoms with van der Waals surface area (Å²) in [6, 6.07) is 10.9. The number of benzene rings is 1. The molecule has 0 fully saturated rings. The normalized spacial score (nSPS) is 18.5.